The highest BCUT2D eigenvalue weighted by atomic mass is 16.5. The number of nitrogens with zero attached hydrogens (tertiary/aromatic N) is 1. The molecule has 0 saturated carbocycles. The third-order valence-electron chi connectivity index (χ3n) is 2.06. The summed E-state index contributed by atoms with van der Waals surface area (Å²) in [7, 11) is 1.74. The van der Waals surface area contributed by atoms with Crippen LogP contribution >= 0.6 is 0 Å². The zero-order valence-electron chi connectivity index (χ0n) is 9.06. The summed E-state index contributed by atoms with van der Waals surface area (Å²) in [5.74, 6) is 0.783. The van der Waals surface area contributed by atoms with Crippen molar-refractivity contribution in [3.8, 4) is 5.75 Å². The second-order valence-electron chi connectivity index (χ2n) is 3.17. The Morgan fingerprint density at radius 2 is 2.07 bits per heavy atom. The lowest BCUT2D eigenvalue weighted by atomic mass is 10.3. The molecule has 0 aliphatic heterocycles. The van der Waals surface area contributed by atoms with E-state index in [0.29, 0.717) is 6.61 Å². The highest BCUT2D eigenvalue weighted by Crippen LogP contribution is 2.18. The Balaban J connectivity index is 2.71. The Kier molecular flexibility index (Phi) is 3.92. The van der Waals surface area contributed by atoms with Gasteiger partial charge in [0.05, 0.1) is 0 Å². The smallest absolute Gasteiger partial charge is 0.223 e. The second-order valence-corrected chi connectivity index (χ2v) is 3.17. The third-order valence-corrected chi connectivity index (χ3v) is 2.06. The van der Waals surface area contributed by atoms with Crippen LogP contribution in [0.2, 0.25) is 0 Å². The molecule has 0 atom stereocenters. The van der Waals surface area contributed by atoms with Crippen molar-refractivity contribution in [3.05, 3.63) is 36.9 Å². The number of amides is 1. The molecule has 1 aromatic carbocycles. The van der Waals surface area contributed by atoms with Gasteiger partial charge in [0, 0.05) is 19.7 Å². The number of carbonyl (C=O) groups is 1. The predicted molar refractivity (Wildman–Crippen MR) is 61.2 cm³/mol. The number of hydrogen-bond donors (Lipinski definition) is 0. The molecular weight excluding hydrogens is 190 g/mol. The molecule has 0 heterocycles. The fourth-order valence-corrected chi connectivity index (χ4v) is 1.10. The molecule has 1 aromatic rings. The highest BCUT2D eigenvalue weighted by Gasteiger charge is 2.04. The standard InChI is InChI=1S/C12H15NO2/c1-4-9-15-12-7-5-11(6-8-12)13(3)10(2)14/h4-8H,1,9H2,2-3H3. The average Bonchev–Trinajstić information content (AvgIpc) is 2.26. The van der Waals surface area contributed by atoms with E-state index in [1.807, 2.05) is 24.3 Å². The fraction of sp³-hybridized carbons (Fsp3) is 0.250. The summed E-state index contributed by atoms with van der Waals surface area (Å²) < 4.78 is 5.33. The molecule has 0 radical (unpaired) electrons. The van der Waals surface area contributed by atoms with Gasteiger partial charge in [-0.1, -0.05) is 12.7 Å². The molecule has 0 N–H and O–H groups in total. The molecule has 0 aromatic heterocycles. The van der Waals surface area contributed by atoms with E-state index in [2.05, 4.69) is 6.58 Å². The van der Waals surface area contributed by atoms with E-state index in [4.69, 9.17) is 4.74 Å². The van der Waals surface area contributed by atoms with Gasteiger partial charge in [-0.3, -0.25) is 4.79 Å². The van der Waals surface area contributed by atoms with Gasteiger partial charge in [-0.2, -0.15) is 0 Å². The lowest BCUT2D eigenvalue weighted by Crippen LogP contribution is -2.22. The summed E-state index contributed by atoms with van der Waals surface area (Å²) in [6.07, 6.45) is 1.69. The summed E-state index contributed by atoms with van der Waals surface area (Å²) in [6, 6.07) is 7.36. The maximum absolute atomic E-state index is 11.1. The first-order chi connectivity index (χ1) is 7.15. The molecule has 0 unspecified atom stereocenters. The van der Waals surface area contributed by atoms with E-state index in [9.17, 15) is 4.79 Å². The van der Waals surface area contributed by atoms with Crippen LogP contribution in [0.25, 0.3) is 0 Å². The first kappa shape index (κ1) is 11.3. The van der Waals surface area contributed by atoms with E-state index >= 15 is 0 Å². The quantitative estimate of drug-likeness (QED) is 0.705. The molecular formula is C12H15NO2. The number of ether oxygens (including phenoxy) is 1. The molecule has 0 aliphatic carbocycles. The monoisotopic (exact) mass is 205 g/mol. The van der Waals surface area contributed by atoms with Crippen molar-refractivity contribution in [1.29, 1.82) is 0 Å². The molecule has 0 saturated heterocycles. The average molecular weight is 205 g/mol. The van der Waals surface area contributed by atoms with Crippen molar-refractivity contribution in [2.75, 3.05) is 18.6 Å². The van der Waals surface area contributed by atoms with Crippen molar-refractivity contribution in [1.82, 2.24) is 0 Å². The van der Waals surface area contributed by atoms with Gasteiger partial charge in [-0.15, -0.1) is 0 Å². The molecule has 0 bridgehead atoms. The zero-order valence-corrected chi connectivity index (χ0v) is 9.06. The van der Waals surface area contributed by atoms with Gasteiger partial charge in [0.1, 0.15) is 12.4 Å². The highest BCUT2D eigenvalue weighted by molar-refractivity contribution is 5.90. The van der Waals surface area contributed by atoms with Crippen molar-refractivity contribution >= 4 is 11.6 Å². The van der Waals surface area contributed by atoms with Gasteiger partial charge in [0.15, 0.2) is 0 Å². The molecule has 0 aliphatic rings. The first-order valence-electron chi connectivity index (χ1n) is 4.73. The normalized spacial score (nSPS) is 9.47. The first-order valence-corrected chi connectivity index (χ1v) is 4.73. The molecule has 80 valence electrons. The van der Waals surface area contributed by atoms with Gasteiger partial charge < -0.3 is 9.64 Å². The number of carbonyl (C=O) groups excluding carboxylic acids is 1. The van der Waals surface area contributed by atoms with Crippen LogP contribution < -0.4 is 9.64 Å². The van der Waals surface area contributed by atoms with Crippen LogP contribution in [-0.4, -0.2) is 19.6 Å². The van der Waals surface area contributed by atoms with E-state index in [0.717, 1.165) is 11.4 Å². The van der Waals surface area contributed by atoms with Gasteiger partial charge >= 0.3 is 0 Å². The Bertz CT molecular complexity index is 343. The van der Waals surface area contributed by atoms with Crippen LogP contribution in [-0.2, 0) is 4.79 Å². The zero-order chi connectivity index (χ0) is 11.3. The second kappa shape index (κ2) is 5.20. The number of hydrogen-bond acceptors (Lipinski definition) is 2. The Morgan fingerprint density at radius 3 is 2.53 bits per heavy atom. The van der Waals surface area contributed by atoms with Crippen LogP contribution in [0.5, 0.6) is 5.75 Å². The van der Waals surface area contributed by atoms with Crippen molar-refractivity contribution in [3.63, 3.8) is 0 Å². The van der Waals surface area contributed by atoms with Crippen LogP contribution in [0, 0.1) is 0 Å². The molecule has 3 heteroatoms. The van der Waals surface area contributed by atoms with E-state index < -0.39 is 0 Å². The van der Waals surface area contributed by atoms with E-state index in [1.54, 1.807) is 18.0 Å². The maximum atomic E-state index is 11.1. The summed E-state index contributed by atoms with van der Waals surface area (Å²) >= 11 is 0. The Morgan fingerprint density at radius 1 is 1.47 bits per heavy atom. The summed E-state index contributed by atoms with van der Waals surface area (Å²) in [5, 5.41) is 0. The van der Waals surface area contributed by atoms with Gasteiger partial charge in [0.25, 0.3) is 0 Å². The van der Waals surface area contributed by atoms with E-state index in [1.165, 1.54) is 6.92 Å². The van der Waals surface area contributed by atoms with Gasteiger partial charge in [-0.25, -0.2) is 0 Å². The fourth-order valence-electron chi connectivity index (χ4n) is 1.10. The van der Waals surface area contributed by atoms with Crippen molar-refractivity contribution < 1.29 is 9.53 Å². The van der Waals surface area contributed by atoms with Crippen LogP contribution in [0.4, 0.5) is 5.69 Å². The molecule has 0 spiro atoms. The number of benzene rings is 1. The molecule has 0 fully saturated rings. The van der Waals surface area contributed by atoms with Crippen LogP contribution in [0.15, 0.2) is 36.9 Å². The molecule has 15 heavy (non-hydrogen) atoms. The number of anilines is 1. The van der Waals surface area contributed by atoms with E-state index in [-0.39, 0.29) is 5.91 Å². The Labute approximate surface area is 90.0 Å². The SMILES string of the molecule is C=CCOc1ccc(N(C)C(C)=O)cc1. The van der Waals surface area contributed by atoms with Gasteiger partial charge in [0.2, 0.25) is 5.91 Å². The van der Waals surface area contributed by atoms with Crippen LogP contribution in [0.3, 0.4) is 0 Å². The van der Waals surface area contributed by atoms with Crippen molar-refractivity contribution in [2.45, 2.75) is 6.92 Å². The number of rotatable bonds is 4. The Hall–Kier alpha value is -1.77. The minimum absolute atomic E-state index is 0.00904. The van der Waals surface area contributed by atoms with Gasteiger partial charge in [-0.05, 0) is 24.3 Å². The topological polar surface area (TPSA) is 29.5 Å². The van der Waals surface area contributed by atoms with Crippen LogP contribution in [0.1, 0.15) is 6.92 Å². The largest absolute Gasteiger partial charge is 0.490 e. The predicted octanol–water partition coefficient (Wildman–Crippen LogP) is 2.23. The van der Waals surface area contributed by atoms with Crippen molar-refractivity contribution in [2.24, 2.45) is 0 Å². The molecule has 1 amide bonds. The maximum Gasteiger partial charge on any atom is 0.223 e. The summed E-state index contributed by atoms with van der Waals surface area (Å²) in [4.78, 5) is 12.7. The molecule has 1 rings (SSSR count). The third kappa shape index (κ3) is 3.13. The summed E-state index contributed by atoms with van der Waals surface area (Å²) in [6.45, 7) is 5.58. The lowest BCUT2D eigenvalue weighted by Gasteiger charge is -2.15. The molecule has 3 nitrogen and oxygen atoms in total. The minimum atomic E-state index is 0.00904. The lowest BCUT2D eigenvalue weighted by molar-refractivity contribution is -0.116. The summed E-state index contributed by atoms with van der Waals surface area (Å²) in [5.41, 5.74) is 0.855. The minimum Gasteiger partial charge on any atom is -0.490 e.